The summed E-state index contributed by atoms with van der Waals surface area (Å²) < 4.78 is 0. The van der Waals surface area contributed by atoms with Crippen LogP contribution >= 0.6 is 0 Å². The molecule has 0 unspecified atom stereocenters. The minimum Gasteiger partial charge on any atom is -0.355 e. The number of nitrogens with zero attached hydrogens (tertiary/aromatic N) is 2. The predicted octanol–water partition coefficient (Wildman–Crippen LogP) is 6.77. The molecule has 0 radical (unpaired) electrons. The lowest BCUT2D eigenvalue weighted by Crippen LogP contribution is -1.77. The Hall–Kier alpha value is -3.66. The summed E-state index contributed by atoms with van der Waals surface area (Å²) in [6.07, 6.45) is 18.0. The Labute approximate surface area is 175 Å². The molecule has 2 N–H and O–H groups in total. The van der Waals surface area contributed by atoms with Crippen LogP contribution in [0.1, 0.15) is 48.5 Å². The minimum absolute atomic E-state index is 0.915. The normalized spacial score (nSPS) is 14.4. The highest BCUT2D eigenvalue weighted by Crippen LogP contribution is 2.17. The van der Waals surface area contributed by atoms with E-state index in [1.54, 1.807) is 0 Å². The first-order valence-corrected chi connectivity index (χ1v) is 10.5. The van der Waals surface area contributed by atoms with Crippen molar-refractivity contribution in [2.24, 2.45) is 0 Å². The number of fused-ring (bicyclic) bond motifs is 8. The second-order valence-electron chi connectivity index (χ2n) is 7.66. The first-order valence-electron chi connectivity index (χ1n) is 10.5. The smallest absolute Gasteiger partial charge is 0.0659 e. The molecule has 3 aliphatic rings. The Morgan fingerprint density at radius 1 is 0.500 bits per heavy atom. The molecular weight excluding hydrogens is 368 g/mol. The van der Waals surface area contributed by atoms with Crippen LogP contribution in [0, 0.1) is 0 Å². The molecule has 8 bridgehead atoms. The van der Waals surface area contributed by atoms with E-state index < -0.39 is 0 Å². The molecule has 3 aromatic heterocycles. The van der Waals surface area contributed by atoms with E-state index in [1.807, 2.05) is 42.5 Å². The molecule has 6 rings (SSSR count). The van der Waals surface area contributed by atoms with E-state index >= 15 is 0 Å². The van der Waals surface area contributed by atoms with Crippen LogP contribution in [0.15, 0.2) is 60.7 Å². The van der Waals surface area contributed by atoms with Gasteiger partial charge in [-0.05, 0) is 98.5 Å². The Morgan fingerprint density at radius 2 is 0.900 bits per heavy atom. The zero-order valence-corrected chi connectivity index (χ0v) is 16.8. The topological polar surface area (TPSA) is 57.4 Å². The largest absolute Gasteiger partial charge is 0.355 e. The van der Waals surface area contributed by atoms with Crippen molar-refractivity contribution in [3.8, 4) is 0 Å². The first-order chi connectivity index (χ1) is 14.8. The van der Waals surface area contributed by atoms with E-state index in [0.717, 1.165) is 44.8 Å². The minimum atomic E-state index is 0.915. The molecule has 1 aliphatic carbocycles. The molecule has 0 aromatic carbocycles. The number of aromatic amines is 2. The number of nitrogens with one attached hydrogen (secondary N) is 2. The molecule has 0 spiro atoms. The Bertz CT molecular complexity index is 1200. The van der Waals surface area contributed by atoms with E-state index in [1.165, 1.54) is 25.7 Å². The standard InChI is InChI=1S/C20H14N4.C6H10/c1-2-14-10-16-5-6-18(23-16)12-20-8-7-19(24-20)11-17-4-3-15(22-17)9-13(1)21-14;1-2-4-6-5-3-1/h1-12,21-22H;1-2H,3-6H2. The first kappa shape index (κ1) is 18.4. The number of hydrogen-bond donors (Lipinski definition) is 2. The highest BCUT2D eigenvalue weighted by molar-refractivity contribution is 5.77. The fourth-order valence-electron chi connectivity index (χ4n) is 3.70. The van der Waals surface area contributed by atoms with Gasteiger partial charge in [-0.15, -0.1) is 0 Å². The zero-order chi connectivity index (χ0) is 20.2. The molecule has 4 nitrogen and oxygen atoms in total. The summed E-state index contributed by atoms with van der Waals surface area (Å²) in [5.41, 5.74) is 7.86. The third-order valence-electron chi connectivity index (χ3n) is 5.20. The number of allylic oxidation sites excluding steroid dienone is 2. The molecule has 148 valence electrons. The van der Waals surface area contributed by atoms with Crippen LogP contribution < -0.4 is 0 Å². The third-order valence-corrected chi connectivity index (χ3v) is 5.20. The Balaban J connectivity index is 0.000000279. The summed E-state index contributed by atoms with van der Waals surface area (Å²) in [6, 6.07) is 16.4. The van der Waals surface area contributed by atoms with Crippen LogP contribution in [-0.2, 0) is 0 Å². The van der Waals surface area contributed by atoms with Crippen LogP contribution in [0.25, 0.3) is 46.4 Å². The van der Waals surface area contributed by atoms with Gasteiger partial charge in [0, 0.05) is 22.1 Å². The lowest BCUT2D eigenvalue weighted by molar-refractivity contribution is 0.730. The van der Waals surface area contributed by atoms with E-state index in [-0.39, 0.29) is 0 Å². The van der Waals surface area contributed by atoms with Gasteiger partial charge in [0.05, 0.1) is 22.8 Å². The maximum absolute atomic E-state index is 4.62. The summed E-state index contributed by atoms with van der Waals surface area (Å²) in [5, 5.41) is 0. The van der Waals surface area contributed by atoms with Gasteiger partial charge in [0.15, 0.2) is 0 Å². The third kappa shape index (κ3) is 4.49. The van der Waals surface area contributed by atoms with Crippen molar-refractivity contribution in [1.82, 2.24) is 19.9 Å². The summed E-state index contributed by atoms with van der Waals surface area (Å²) in [6.45, 7) is 0. The molecule has 0 atom stereocenters. The fraction of sp³-hybridized carbons (Fsp3) is 0.154. The molecule has 0 saturated heterocycles. The van der Waals surface area contributed by atoms with Gasteiger partial charge in [-0.3, -0.25) is 0 Å². The maximum atomic E-state index is 4.62. The summed E-state index contributed by atoms with van der Waals surface area (Å²) in [4.78, 5) is 16.0. The van der Waals surface area contributed by atoms with Gasteiger partial charge >= 0.3 is 0 Å². The predicted molar refractivity (Wildman–Crippen MR) is 126 cm³/mol. The van der Waals surface area contributed by atoms with Crippen LogP contribution in [0.2, 0.25) is 0 Å². The quantitative estimate of drug-likeness (QED) is 0.286. The van der Waals surface area contributed by atoms with Gasteiger partial charge in [-0.25, -0.2) is 9.97 Å². The van der Waals surface area contributed by atoms with Gasteiger partial charge in [-0.2, -0.15) is 0 Å². The molecule has 3 aromatic rings. The van der Waals surface area contributed by atoms with E-state index in [0.29, 0.717) is 0 Å². The lowest BCUT2D eigenvalue weighted by atomic mass is 10.1. The van der Waals surface area contributed by atoms with Gasteiger partial charge in [-0.1, -0.05) is 12.2 Å². The second-order valence-corrected chi connectivity index (χ2v) is 7.66. The maximum Gasteiger partial charge on any atom is 0.0659 e. The highest BCUT2D eigenvalue weighted by Gasteiger charge is 2.02. The van der Waals surface area contributed by atoms with Crippen molar-refractivity contribution in [3.63, 3.8) is 0 Å². The van der Waals surface area contributed by atoms with Crippen molar-refractivity contribution in [3.05, 3.63) is 83.5 Å². The van der Waals surface area contributed by atoms with Crippen molar-refractivity contribution in [2.75, 3.05) is 0 Å². The fourth-order valence-corrected chi connectivity index (χ4v) is 3.70. The summed E-state index contributed by atoms with van der Waals surface area (Å²) >= 11 is 0. The Kier molecular flexibility index (Phi) is 5.13. The number of rotatable bonds is 0. The van der Waals surface area contributed by atoms with E-state index in [4.69, 9.17) is 0 Å². The van der Waals surface area contributed by atoms with Crippen molar-refractivity contribution < 1.29 is 0 Å². The van der Waals surface area contributed by atoms with E-state index in [9.17, 15) is 0 Å². The highest BCUT2D eigenvalue weighted by atomic mass is 14.8. The molecule has 4 heteroatoms. The van der Waals surface area contributed by atoms with Gasteiger partial charge in [0.25, 0.3) is 0 Å². The SMILES string of the molecule is C1=CCCCC1.C1=Cc2cc3ccc(cc4ccc(cc5nc(cc1n2)C=C5)[nH]4)[nH]3. The average Bonchev–Trinajstić information content (AvgIpc) is 3.56. The van der Waals surface area contributed by atoms with Crippen LogP contribution in [0.4, 0.5) is 0 Å². The van der Waals surface area contributed by atoms with Crippen molar-refractivity contribution >= 4 is 46.4 Å². The van der Waals surface area contributed by atoms with Gasteiger partial charge < -0.3 is 9.97 Å². The molecular formula is C26H24N4. The van der Waals surface area contributed by atoms with Crippen LogP contribution in [0.5, 0.6) is 0 Å². The number of H-pyrrole nitrogens is 2. The average molecular weight is 393 g/mol. The lowest BCUT2D eigenvalue weighted by Gasteiger charge is -1.97. The molecule has 0 amide bonds. The van der Waals surface area contributed by atoms with Gasteiger partial charge in [0.1, 0.15) is 0 Å². The monoisotopic (exact) mass is 392 g/mol. The van der Waals surface area contributed by atoms with Crippen LogP contribution in [-0.4, -0.2) is 19.9 Å². The molecule has 5 heterocycles. The summed E-state index contributed by atoms with van der Waals surface area (Å²) in [7, 11) is 0. The van der Waals surface area contributed by atoms with Gasteiger partial charge in [0.2, 0.25) is 0 Å². The summed E-state index contributed by atoms with van der Waals surface area (Å²) in [5.74, 6) is 0. The number of hydrogen-bond acceptors (Lipinski definition) is 2. The van der Waals surface area contributed by atoms with E-state index in [2.05, 4.69) is 62.4 Å². The molecule has 0 saturated carbocycles. The molecule has 0 fully saturated rings. The van der Waals surface area contributed by atoms with Crippen molar-refractivity contribution in [1.29, 1.82) is 0 Å². The Morgan fingerprint density at radius 3 is 1.30 bits per heavy atom. The van der Waals surface area contributed by atoms with Crippen LogP contribution in [0.3, 0.4) is 0 Å². The number of aromatic nitrogens is 4. The molecule has 30 heavy (non-hydrogen) atoms. The van der Waals surface area contributed by atoms with Crippen molar-refractivity contribution in [2.45, 2.75) is 25.7 Å². The second kappa shape index (κ2) is 8.37. The zero-order valence-electron chi connectivity index (χ0n) is 16.8. The molecule has 2 aliphatic heterocycles.